The Balaban J connectivity index is 2.31. The number of nitro groups is 1. The standard InChI is InChI=1S/C13H19N3O4S/c1-9-12(16(17)18)6-3-7-13(9)21(19,20)15-11-5-4-8-14-10(11)2/h3,6-7,10-11,14-15H,4-5,8H2,1-2H3. The molecule has 7 nitrogen and oxygen atoms in total. The van der Waals surface area contributed by atoms with Crippen molar-refractivity contribution in [1.82, 2.24) is 10.0 Å². The quantitative estimate of drug-likeness (QED) is 0.645. The van der Waals surface area contributed by atoms with Gasteiger partial charge >= 0.3 is 0 Å². The summed E-state index contributed by atoms with van der Waals surface area (Å²) in [5.74, 6) is 0. The summed E-state index contributed by atoms with van der Waals surface area (Å²) in [6.45, 7) is 4.25. The molecule has 0 aromatic heterocycles. The van der Waals surface area contributed by atoms with Gasteiger partial charge in [-0.3, -0.25) is 10.1 Å². The molecule has 0 radical (unpaired) electrons. The van der Waals surface area contributed by atoms with Gasteiger partial charge in [0.1, 0.15) is 0 Å². The van der Waals surface area contributed by atoms with Crippen molar-refractivity contribution in [2.24, 2.45) is 0 Å². The van der Waals surface area contributed by atoms with Crippen LogP contribution in [0, 0.1) is 17.0 Å². The van der Waals surface area contributed by atoms with Gasteiger partial charge in [0.15, 0.2) is 0 Å². The summed E-state index contributed by atoms with van der Waals surface area (Å²) in [7, 11) is -3.77. The van der Waals surface area contributed by atoms with E-state index in [0.717, 1.165) is 19.4 Å². The zero-order valence-corrected chi connectivity index (χ0v) is 12.8. The van der Waals surface area contributed by atoms with E-state index >= 15 is 0 Å². The minimum atomic E-state index is -3.77. The Kier molecular flexibility index (Phi) is 4.60. The van der Waals surface area contributed by atoms with E-state index in [1.807, 2.05) is 6.92 Å². The first-order valence-corrected chi connectivity index (χ1v) is 8.31. The number of piperidine rings is 1. The van der Waals surface area contributed by atoms with Crippen LogP contribution >= 0.6 is 0 Å². The minimum absolute atomic E-state index is 0.0329. The maximum atomic E-state index is 12.5. The molecule has 1 aromatic rings. The van der Waals surface area contributed by atoms with Crippen LogP contribution < -0.4 is 10.0 Å². The Hall–Kier alpha value is -1.51. The molecule has 1 aromatic carbocycles. The lowest BCUT2D eigenvalue weighted by Gasteiger charge is -2.30. The summed E-state index contributed by atoms with van der Waals surface area (Å²) in [6, 6.07) is 3.92. The normalized spacial score (nSPS) is 23.0. The lowest BCUT2D eigenvalue weighted by Crippen LogP contribution is -2.51. The molecule has 116 valence electrons. The van der Waals surface area contributed by atoms with Gasteiger partial charge in [-0.2, -0.15) is 0 Å². The van der Waals surface area contributed by atoms with Gasteiger partial charge in [-0.25, -0.2) is 13.1 Å². The fraction of sp³-hybridized carbons (Fsp3) is 0.538. The van der Waals surface area contributed by atoms with Gasteiger partial charge in [0.05, 0.1) is 9.82 Å². The Bertz CT molecular complexity index is 645. The Morgan fingerprint density at radius 1 is 1.43 bits per heavy atom. The van der Waals surface area contributed by atoms with Gasteiger partial charge in [0.25, 0.3) is 5.69 Å². The molecule has 1 heterocycles. The smallest absolute Gasteiger partial charge is 0.273 e. The van der Waals surface area contributed by atoms with E-state index in [-0.39, 0.29) is 28.2 Å². The van der Waals surface area contributed by atoms with Crippen molar-refractivity contribution in [1.29, 1.82) is 0 Å². The van der Waals surface area contributed by atoms with Crippen molar-refractivity contribution in [3.8, 4) is 0 Å². The predicted molar refractivity (Wildman–Crippen MR) is 78.6 cm³/mol. The third-order valence-corrected chi connectivity index (χ3v) is 5.44. The van der Waals surface area contributed by atoms with Crippen LogP contribution in [0.15, 0.2) is 23.1 Å². The maximum absolute atomic E-state index is 12.5. The summed E-state index contributed by atoms with van der Waals surface area (Å²) in [6.07, 6.45) is 1.65. The molecule has 1 fully saturated rings. The topological polar surface area (TPSA) is 101 Å². The number of rotatable bonds is 4. The number of nitro benzene ring substituents is 1. The van der Waals surface area contributed by atoms with Crippen LogP contribution in [0.4, 0.5) is 5.69 Å². The second-order valence-corrected chi connectivity index (χ2v) is 6.95. The van der Waals surface area contributed by atoms with Crippen molar-refractivity contribution in [3.63, 3.8) is 0 Å². The Labute approximate surface area is 123 Å². The van der Waals surface area contributed by atoms with Gasteiger partial charge in [-0.05, 0) is 39.3 Å². The molecule has 2 N–H and O–H groups in total. The third kappa shape index (κ3) is 3.39. The van der Waals surface area contributed by atoms with Crippen molar-refractivity contribution in [2.75, 3.05) is 6.54 Å². The van der Waals surface area contributed by atoms with E-state index in [1.54, 1.807) is 0 Å². The first-order chi connectivity index (χ1) is 9.83. The average molecular weight is 313 g/mol. The number of hydrogen-bond acceptors (Lipinski definition) is 5. The minimum Gasteiger partial charge on any atom is -0.313 e. The van der Waals surface area contributed by atoms with Gasteiger partial charge in [-0.15, -0.1) is 0 Å². The molecule has 1 saturated heterocycles. The summed E-state index contributed by atoms with van der Waals surface area (Å²) in [5.41, 5.74) is -0.0286. The van der Waals surface area contributed by atoms with E-state index in [2.05, 4.69) is 10.0 Å². The van der Waals surface area contributed by atoms with Gasteiger partial charge in [0, 0.05) is 23.7 Å². The van der Waals surface area contributed by atoms with Gasteiger partial charge in [0.2, 0.25) is 10.0 Å². The SMILES string of the molecule is Cc1c([N+](=O)[O-])cccc1S(=O)(=O)NC1CCCNC1C. The van der Waals surface area contributed by atoms with Crippen LogP contribution in [-0.4, -0.2) is 32.0 Å². The molecular formula is C13H19N3O4S. The number of sulfonamides is 1. The summed E-state index contributed by atoms with van der Waals surface area (Å²) in [5, 5.41) is 14.1. The second kappa shape index (κ2) is 6.08. The summed E-state index contributed by atoms with van der Waals surface area (Å²) in [4.78, 5) is 10.3. The highest BCUT2D eigenvalue weighted by Gasteiger charge is 2.29. The van der Waals surface area contributed by atoms with Gasteiger partial charge in [-0.1, -0.05) is 6.07 Å². The highest BCUT2D eigenvalue weighted by Crippen LogP contribution is 2.25. The van der Waals surface area contributed by atoms with Crippen LogP contribution in [-0.2, 0) is 10.0 Å². The second-order valence-electron chi connectivity index (χ2n) is 5.27. The number of hydrogen-bond donors (Lipinski definition) is 2. The summed E-state index contributed by atoms with van der Waals surface area (Å²) >= 11 is 0. The average Bonchev–Trinajstić information content (AvgIpc) is 2.41. The van der Waals surface area contributed by atoms with E-state index in [0.29, 0.717) is 0 Å². The van der Waals surface area contributed by atoms with Crippen molar-refractivity contribution < 1.29 is 13.3 Å². The first kappa shape index (κ1) is 15.9. The lowest BCUT2D eigenvalue weighted by molar-refractivity contribution is -0.385. The van der Waals surface area contributed by atoms with Crippen molar-refractivity contribution in [3.05, 3.63) is 33.9 Å². The molecule has 2 rings (SSSR count). The van der Waals surface area contributed by atoms with Crippen molar-refractivity contribution in [2.45, 2.75) is 43.7 Å². The molecule has 0 aliphatic carbocycles. The molecular weight excluding hydrogens is 294 g/mol. The van der Waals surface area contributed by atoms with Crippen LogP contribution in [0.3, 0.4) is 0 Å². The molecule has 8 heteroatoms. The summed E-state index contributed by atoms with van der Waals surface area (Å²) < 4.78 is 27.6. The molecule has 0 amide bonds. The van der Waals surface area contributed by atoms with Crippen LogP contribution in [0.2, 0.25) is 0 Å². The molecule has 0 spiro atoms. The predicted octanol–water partition coefficient (Wildman–Crippen LogP) is 1.32. The fourth-order valence-electron chi connectivity index (χ4n) is 2.56. The van der Waals surface area contributed by atoms with Crippen LogP contribution in [0.1, 0.15) is 25.3 Å². The largest absolute Gasteiger partial charge is 0.313 e. The van der Waals surface area contributed by atoms with Crippen LogP contribution in [0.25, 0.3) is 0 Å². The molecule has 21 heavy (non-hydrogen) atoms. The zero-order chi connectivity index (χ0) is 15.6. The Morgan fingerprint density at radius 2 is 2.14 bits per heavy atom. The first-order valence-electron chi connectivity index (χ1n) is 6.82. The zero-order valence-electron chi connectivity index (χ0n) is 12.0. The maximum Gasteiger partial charge on any atom is 0.273 e. The fourth-order valence-corrected chi connectivity index (χ4v) is 4.17. The lowest BCUT2D eigenvalue weighted by atomic mass is 10.0. The number of nitrogens with zero attached hydrogens (tertiary/aromatic N) is 1. The van der Waals surface area contributed by atoms with E-state index in [1.165, 1.54) is 25.1 Å². The molecule has 1 aliphatic rings. The van der Waals surface area contributed by atoms with Crippen LogP contribution in [0.5, 0.6) is 0 Å². The number of benzene rings is 1. The highest BCUT2D eigenvalue weighted by atomic mass is 32.2. The van der Waals surface area contributed by atoms with Gasteiger partial charge < -0.3 is 5.32 Å². The van der Waals surface area contributed by atoms with E-state index in [4.69, 9.17) is 0 Å². The van der Waals surface area contributed by atoms with E-state index in [9.17, 15) is 18.5 Å². The molecule has 2 atom stereocenters. The van der Waals surface area contributed by atoms with E-state index < -0.39 is 14.9 Å². The molecule has 2 unspecified atom stereocenters. The highest BCUT2D eigenvalue weighted by molar-refractivity contribution is 7.89. The van der Waals surface area contributed by atoms with Crippen molar-refractivity contribution >= 4 is 15.7 Å². The molecule has 1 aliphatic heterocycles. The monoisotopic (exact) mass is 313 g/mol. The third-order valence-electron chi connectivity index (χ3n) is 3.81. The number of nitrogens with one attached hydrogen (secondary N) is 2. The molecule has 0 saturated carbocycles. The Morgan fingerprint density at radius 3 is 2.76 bits per heavy atom. The molecule has 0 bridgehead atoms.